The fraction of sp³-hybridized carbons (Fsp3) is 0.833. The first-order chi connectivity index (χ1) is 9.37. The molecule has 1 saturated heterocycles. The second-order valence-corrected chi connectivity index (χ2v) is 7.44. The summed E-state index contributed by atoms with van der Waals surface area (Å²) in [6.07, 6.45) is 1.66. The molecule has 114 valence electrons. The number of carbonyl (C=O) groups is 2. The van der Waals surface area contributed by atoms with Gasteiger partial charge in [-0.3, -0.25) is 9.59 Å². The smallest absolute Gasteiger partial charge is 0.310 e. The summed E-state index contributed by atoms with van der Waals surface area (Å²) in [5.41, 5.74) is 0. The number of methoxy groups -OCH3 is 1. The molecule has 1 aliphatic heterocycles. The molecule has 2 unspecified atom stereocenters. The van der Waals surface area contributed by atoms with E-state index in [-0.39, 0.29) is 19.0 Å². The van der Waals surface area contributed by atoms with Crippen LogP contribution in [0.3, 0.4) is 0 Å². The van der Waals surface area contributed by atoms with Crippen molar-refractivity contribution in [2.45, 2.75) is 24.5 Å². The number of sulfonamides is 1. The number of piperazine rings is 1. The van der Waals surface area contributed by atoms with Gasteiger partial charge in [0.1, 0.15) is 0 Å². The Labute approximate surface area is 118 Å². The van der Waals surface area contributed by atoms with Gasteiger partial charge in [0.05, 0.1) is 24.8 Å². The van der Waals surface area contributed by atoms with E-state index in [2.05, 4.69) is 4.74 Å². The van der Waals surface area contributed by atoms with Crippen molar-refractivity contribution in [3.63, 3.8) is 0 Å². The van der Waals surface area contributed by atoms with Crippen molar-refractivity contribution in [3.05, 3.63) is 0 Å². The highest BCUT2D eigenvalue weighted by Crippen LogP contribution is 2.34. The highest BCUT2D eigenvalue weighted by Gasteiger charge is 2.45. The van der Waals surface area contributed by atoms with Crippen molar-refractivity contribution in [2.75, 3.05) is 33.8 Å². The molecule has 0 radical (unpaired) electrons. The molecule has 2 aliphatic rings. The molecule has 0 N–H and O–H groups in total. The first kappa shape index (κ1) is 15.2. The lowest BCUT2D eigenvalue weighted by Crippen LogP contribution is -2.53. The SMILES string of the molecule is COC(=O)C1CCCC1S(=O)(=O)N1CCN(C)C(=O)C1. The molecular weight excluding hydrogens is 284 g/mol. The van der Waals surface area contributed by atoms with E-state index in [1.54, 1.807) is 7.05 Å². The molecule has 0 aromatic carbocycles. The largest absolute Gasteiger partial charge is 0.469 e. The molecule has 0 spiro atoms. The van der Waals surface area contributed by atoms with Crippen molar-refractivity contribution in [1.29, 1.82) is 0 Å². The van der Waals surface area contributed by atoms with Gasteiger partial charge in [0.2, 0.25) is 15.9 Å². The van der Waals surface area contributed by atoms with Crippen LogP contribution in [0.4, 0.5) is 0 Å². The van der Waals surface area contributed by atoms with Gasteiger partial charge in [0, 0.05) is 20.1 Å². The Hall–Kier alpha value is -1.15. The van der Waals surface area contributed by atoms with Gasteiger partial charge in [-0.25, -0.2) is 8.42 Å². The van der Waals surface area contributed by atoms with Gasteiger partial charge >= 0.3 is 5.97 Å². The van der Waals surface area contributed by atoms with E-state index >= 15 is 0 Å². The number of esters is 1. The molecule has 1 aliphatic carbocycles. The zero-order valence-electron chi connectivity index (χ0n) is 11.7. The third-order valence-electron chi connectivity index (χ3n) is 4.12. The third-order valence-corrected chi connectivity index (χ3v) is 6.48. The Morgan fingerprint density at radius 1 is 1.30 bits per heavy atom. The van der Waals surface area contributed by atoms with Gasteiger partial charge in [0.25, 0.3) is 0 Å². The van der Waals surface area contributed by atoms with Crippen LogP contribution in [-0.4, -0.2) is 68.5 Å². The molecule has 2 rings (SSSR count). The number of amides is 1. The zero-order chi connectivity index (χ0) is 14.9. The molecule has 8 heteroatoms. The summed E-state index contributed by atoms with van der Waals surface area (Å²) >= 11 is 0. The third kappa shape index (κ3) is 2.67. The van der Waals surface area contributed by atoms with Crippen LogP contribution in [0.5, 0.6) is 0 Å². The molecule has 1 heterocycles. The second-order valence-electron chi connectivity index (χ2n) is 5.29. The maximum atomic E-state index is 12.6. The highest BCUT2D eigenvalue weighted by atomic mass is 32.2. The molecule has 20 heavy (non-hydrogen) atoms. The van der Waals surface area contributed by atoms with Crippen LogP contribution in [0.1, 0.15) is 19.3 Å². The van der Waals surface area contributed by atoms with Crippen LogP contribution in [0, 0.1) is 5.92 Å². The lowest BCUT2D eigenvalue weighted by atomic mass is 10.1. The number of rotatable bonds is 3. The lowest BCUT2D eigenvalue weighted by Gasteiger charge is -2.33. The van der Waals surface area contributed by atoms with Crippen LogP contribution in [0.15, 0.2) is 0 Å². The normalized spacial score (nSPS) is 28.7. The van der Waals surface area contributed by atoms with Gasteiger partial charge in [-0.05, 0) is 12.8 Å². The average Bonchev–Trinajstić information content (AvgIpc) is 2.90. The molecular formula is C12H20N2O5S. The maximum absolute atomic E-state index is 12.6. The number of likely N-dealkylation sites (N-methyl/N-ethyl adjacent to an activating group) is 1. The van der Waals surface area contributed by atoms with Gasteiger partial charge in [-0.2, -0.15) is 4.31 Å². The van der Waals surface area contributed by atoms with Crippen LogP contribution in [-0.2, 0) is 24.3 Å². The number of ether oxygens (including phenoxy) is 1. The lowest BCUT2D eigenvalue weighted by molar-refractivity contribution is -0.145. The Morgan fingerprint density at radius 2 is 2.00 bits per heavy atom. The molecule has 1 amide bonds. The predicted molar refractivity (Wildman–Crippen MR) is 71.3 cm³/mol. The standard InChI is InChI=1S/C12H20N2O5S/c1-13-6-7-14(8-11(13)15)20(17,18)10-5-3-4-9(10)12(16)19-2/h9-10H,3-8H2,1-2H3. The van der Waals surface area contributed by atoms with E-state index in [0.717, 1.165) is 0 Å². The topological polar surface area (TPSA) is 84.0 Å². The van der Waals surface area contributed by atoms with Gasteiger partial charge in [0.15, 0.2) is 0 Å². The van der Waals surface area contributed by atoms with Crippen molar-refractivity contribution in [3.8, 4) is 0 Å². The average molecular weight is 304 g/mol. The summed E-state index contributed by atoms with van der Waals surface area (Å²) in [6.45, 7) is 0.534. The maximum Gasteiger partial charge on any atom is 0.310 e. The first-order valence-electron chi connectivity index (χ1n) is 6.68. The fourth-order valence-electron chi connectivity index (χ4n) is 2.85. The van der Waals surface area contributed by atoms with Gasteiger partial charge in [-0.1, -0.05) is 6.42 Å². The van der Waals surface area contributed by atoms with Crippen molar-refractivity contribution >= 4 is 21.9 Å². The fourth-order valence-corrected chi connectivity index (χ4v) is 4.99. The molecule has 0 bridgehead atoms. The van der Waals surface area contributed by atoms with E-state index in [1.807, 2.05) is 0 Å². The highest BCUT2D eigenvalue weighted by molar-refractivity contribution is 7.89. The van der Waals surface area contributed by atoms with E-state index in [1.165, 1.54) is 16.3 Å². The minimum absolute atomic E-state index is 0.136. The molecule has 2 fully saturated rings. The van der Waals surface area contributed by atoms with Crippen LogP contribution in [0.2, 0.25) is 0 Å². The van der Waals surface area contributed by atoms with Crippen LogP contribution in [0.25, 0.3) is 0 Å². The van der Waals surface area contributed by atoms with E-state index < -0.39 is 27.2 Å². The molecule has 2 atom stereocenters. The van der Waals surface area contributed by atoms with E-state index in [4.69, 9.17) is 0 Å². The Morgan fingerprint density at radius 3 is 2.60 bits per heavy atom. The van der Waals surface area contributed by atoms with E-state index in [9.17, 15) is 18.0 Å². The molecule has 0 aromatic rings. The van der Waals surface area contributed by atoms with Crippen molar-refractivity contribution < 1.29 is 22.7 Å². The number of nitrogens with zero attached hydrogens (tertiary/aromatic N) is 2. The monoisotopic (exact) mass is 304 g/mol. The minimum Gasteiger partial charge on any atom is -0.469 e. The van der Waals surface area contributed by atoms with Crippen molar-refractivity contribution in [1.82, 2.24) is 9.21 Å². The van der Waals surface area contributed by atoms with Gasteiger partial charge < -0.3 is 9.64 Å². The Balaban J connectivity index is 2.17. The van der Waals surface area contributed by atoms with Crippen LogP contribution >= 0.6 is 0 Å². The summed E-state index contributed by atoms with van der Waals surface area (Å²) in [5, 5.41) is -0.758. The van der Waals surface area contributed by atoms with Gasteiger partial charge in [-0.15, -0.1) is 0 Å². The van der Waals surface area contributed by atoms with Crippen LogP contribution < -0.4 is 0 Å². The number of hydrogen-bond acceptors (Lipinski definition) is 5. The van der Waals surface area contributed by atoms with Crippen molar-refractivity contribution in [2.24, 2.45) is 5.92 Å². The summed E-state index contributed by atoms with van der Waals surface area (Å²) in [4.78, 5) is 24.9. The summed E-state index contributed by atoms with van der Waals surface area (Å²) in [6, 6.07) is 0. The summed E-state index contributed by atoms with van der Waals surface area (Å²) in [5.74, 6) is -1.30. The molecule has 7 nitrogen and oxygen atoms in total. The predicted octanol–water partition coefficient (Wildman–Crippen LogP) is -0.568. The Bertz CT molecular complexity index is 504. The minimum atomic E-state index is -3.64. The first-order valence-corrected chi connectivity index (χ1v) is 8.19. The Kier molecular flexibility index (Phi) is 4.33. The molecule has 0 aromatic heterocycles. The molecule has 1 saturated carbocycles. The summed E-state index contributed by atoms with van der Waals surface area (Å²) < 4.78 is 31.1. The number of carbonyl (C=O) groups excluding carboxylic acids is 2. The quantitative estimate of drug-likeness (QED) is 0.652. The second kappa shape index (κ2) is 5.69. The number of hydrogen-bond donors (Lipinski definition) is 0. The van der Waals surface area contributed by atoms with E-state index in [0.29, 0.717) is 25.8 Å². The zero-order valence-corrected chi connectivity index (χ0v) is 12.6. The summed E-state index contributed by atoms with van der Waals surface area (Å²) in [7, 11) is -0.718.